The van der Waals surface area contributed by atoms with Gasteiger partial charge in [-0.3, -0.25) is 9.59 Å². The first-order chi connectivity index (χ1) is 10.8. The summed E-state index contributed by atoms with van der Waals surface area (Å²) < 4.78 is 0. The third-order valence-electron chi connectivity index (χ3n) is 4.81. The Morgan fingerprint density at radius 3 is 2.12 bits per heavy atom. The molecule has 1 fully saturated rings. The van der Waals surface area contributed by atoms with Gasteiger partial charge in [0.2, 0.25) is 11.8 Å². The minimum absolute atomic E-state index is 0. The quantitative estimate of drug-likeness (QED) is 0.578. The molecule has 25 heavy (non-hydrogen) atoms. The van der Waals surface area contributed by atoms with E-state index < -0.39 is 6.04 Å². The molecule has 0 saturated heterocycles. The Hall–Kier alpha value is -0.560. The number of hydrogen-bond acceptors (Lipinski definition) is 4. The monoisotopic (exact) mass is 398 g/mol. The van der Waals surface area contributed by atoms with E-state index in [2.05, 4.69) is 29.6 Å². The first-order valence-corrected chi connectivity index (χ1v) is 8.79. The molecule has 150 valence electrons. The highest BCUT2D eigenvalue weighted by Gasteiger charge is 2.25. The number of carbonyl (C=O) groups is 2. The molecule has 1 unspecified atom stereocenters. The molecule has 8 heteroatoms. The standard InChI is InChI=1S/C17H34N4O2.2ClH/c1-12(2)16(18)17(23)20-11-15(22)19-10-14(21(3)4)13-8-6-5-7-9-13;;/h12-14,16H,5-11,18H2,1-4H3,(H,19,22)(H,20,23);2*1H/t14?,16-;;/m0../s1. The largest absolute Gasteiger partial charge is 0.353 e. The highest BCUT2D eigenvalue weighted by atomic mass is 35.5. The van der Waals surface area contributed by atoms with Crippen LogP contribution in [0.4, 0.5) is 0 Å². The number of likely N-dealkylation sites (N-methyl/N-ethyl adjacent to an activating group) is 1. The molecule has 0 aromatic heterocycles. The third kappa shape index (κ3) is 9.64. The van der Waals surface area contributed by atoms with E-state index in [0.717, 1.165) is 0 Å². The summed E-state index contributed by atoms with van der Waals surface area (Å²) >= 11 is 0. The maximum atomic E-state index is 12.0. The first-order valence-electron chi connectivity index (χ1n) is 8.79. The Bertz CT molecular complexity index is 389. The van der Waals surface area contributed by atoms with E-state index in [-0.39, 0.29) is 49.1 Å². The molecule has 1 rings (SSSR count). The summed E-state index contributed by atoms with van der Waals surface area (Å²) in [5.41, 5.74) is 5.76. The molecule has 0 heterocycles. The second-order valence-electron chi connectivity index (χ2n) is 7.22. The Balaban J connectivity index is 0. The fourth-order valence-corrected chi connectivity index (χ4v) is 3.16. The summed E-state index contributed by atoms with van der Waals surface area (Å²) in [5.74, 6) is 0.272. The minimum Gasteiger partial charge on any atom is -0.353 e. The van der Waals surface area contributed by atoms with Crippen molar-refractivity contribution in [1.82, 2.24) is 15.5 Å². The van der Waals surface area contributed by atoms with Crippen LogP contribution >= 0.6 is 24.8 Å². The van der Waals surface area contributed by atoms with E-state index in [1.54, 1.807) is 0 Å². The summed E-state index contributed by atoms with van der Waals surface area (Å²) in [6.45, 7) is 4.39. The lowest BCUT2D eigenvalue weighted by Gasteiger charge is -2.35. The Labute approximate surface area is 164 Å². The van der Waals surface area contributed by atoms with Gasteiger partial charge in [0.05, 0.1) is 12.6 Å². The van der Waals surface area contributed by atoms with Crippen molar-refractivity contribution in [2.75, 3.05) is 27.2 Å². The van der Waals surface area contributed by atoms with Crippen molar-refractivity contribution in [3.63, 3.8) is 0 Å². The second-order valence-corrected chi connectivity index (χ2v) is 7.22. The van der Waals surface area contributed by atoms with Gasteiger partial charge in [-0.2, -0.15) is 0 Å². The lowest BCUT2D eigenvalue weighted by molar-refractivity contribution is -0.127. The Kier molecular flexibility index (Phi) is 14.5. The average Bonchev–Trinajstić information content (AvgIpc) is 2.52. The molecule has 1 aliphatic carbocycles. The predicted octanol–water partition coefficient (Wildman–Crippen LogP) is 1.56. The van der Waals surface area contributed by atoms with Gasteiger partial charge in [-0.1, -0.05) is 33.1 Å². The van der Waals surface area contributed by atoms with Gasteiger partial charge in [-0.25, -0.2) is 0 Å². The lowest BCUT2D eigenvalue weighted by atomic mass is 9.83. The zero-order chi connectivity index (χ0) is 17.4. The molecule has 0 bridgehead atoms. The van der Waals surface area contributed by atoms with Crippen molar-refractivity contribution in [2.45, 2.75) is 58.0 Å². The molecule has 4 N–H and O–H groups in total. The van der Waals surface area contributed by atoms with Crippen LogP contribution in [0.5, 0.6) is 0 Å². The van der Waals surface area contributed by atoms with Gasteiger partial charge < -0.3 is 21.3 Å². The summed E-state index contributed by atoms with van der Waals surface area (Å²) in [5, 5.41) is 5.56. The van der Waals surface area contributed by atoms with E-state index in [9.17, 15) is 9.59 Å². The van der Waals surface area contributed by atoms with Crippen molar-refractivity contribution in [1.29, 1.82) is 0 Å². The fourth-order valence-electron chi connectivity index (χ4n) is 3.16. The second kappa shape index (κ2) is 13.6. The number of carbonyl (C=O) groups excluding carboxylic acids is 2. The lowest BCUT2D eigenvalue weighted by Crippen LogP contribution is -2.50. The molecule has 2 amide bonds. The Morgan fingerprint density at radius 1 is 1.08 bits per heavy atom. The van der Waals surface area contributed by atoms with E-state index in [1.165, 1.54) is 32.1 Å². The number of hydrogen-bond donors (Lipinski definition) is 3. The zero-order valence-electron chi connectivity index (χ0n) is 15.9. The number of nitrogens with one attached hydrogen (secondary N) is 2. The van der Waals surface area contributed by atoms with Crippen LogP contribution in [0.2, 0.25) is 0 Å². The number of rotatable bonds is 8. The summed E-state index contributed by atoms with van der Waals surface area (Å²) in [7, 11) is 4.13. The summed E-state index contributed by atoms with van der Waals surface area (Å²) in [4.78, 5) is 25.9. The van der Waals surface area contributed by atoms with Crippen LogP contribution in [0, 0.1) is 11.8 Å². The number of nitrogens with two attached hydrogens (primary N) is 1. The number of amides is 2. The molecule has 1 aliphatic rings. The molecule has 6 nitrogen and oxygen atoms in total. The minimum atomic E-state index is -0.570. The highest BCUT2D eigenvalue weighted by Crippen LogP contribution is 2.27. The van der Waals surface area contributed by atoms with Gasteiger partial charge in [0.25, 0.3) is 0 Å². The average molecular weight is 399 g/mol. The van der Waals surface area contributed by atoms with Gasteiger partial charge in [0.15, 0.2) is 0 Å². The van der Waals surface area contributed by atoms with E-state index in [0.29, 0.717) is 18.5 Å². The highest BCUT2D eigenvalue weighted by molar-refractivity contribution is 5.87. The van der Waals surface area contributed by atoms with Crippen molar-refractivity contribution in [3.8, 4) is 0 Å². The van der Waals surface area contributed by atoms with Crippen LogP contribution < -0.4 is 16.4 Å². The molecule has 0 spiro atoms. The number of halogens is 2. The third-order valence-corrected chi connectivity index (χ3v) is 4.81. The van der Waals surface area contributed by atoms with Gasteiger partial charge in [-0.05, 0) is 38.8 Å². The zero-order valence-corrected chi connectivity index (χ0v) is 17.5. The van der Waals surface area contributed by atoms with Gasteiger partial charge in [0, 0.05) is 12.6 Å². The maximum Gasteiger partial charge on any atom is 0.239 e. The van der Waals surface area contributed by atoms with Crippen LogP contribution in [0.1, 0.15) is 46.0 Å². The van der Waals surface area contributed by atoms with Gasteiger partial charge in [0.1, 0.15) is 0 Å². The number of nitrogens with zero attached hydrogens (tertiary/aromatic N) is 1. The first kappa shape index (κ1) is 26.7. The smallest absolute Gasteiger partial charge is 0.239 e. The normalized spacial score (nSPS) is 17.2. The Morgan fingerprint density at radius 2 is 1.64 bits per heavy atom. The molecule has 0 aromatic carbocycles. The van der Waals surface area contributed by atoms with Crippen LogP contribution in [0.3, 0.4) is 0 Å². The van der Waals surface area contributed by atoms with Crippen molar-refractivity contribution in [3.05, 3.63) is 0 Å². The molecule has 2 atom stereocenters. The predicted molar refractivity (Wildman–Crippen MR) is 107 cm³/mol. The molecule has 0 aromatic rings. The van der Waals surface area contributed by atoms with Crippen LogP contribution in [-0.4, -0.2) is 56.0 Å². The molecular weight excluding hydrogens is 363 g/mol. The SMILES string of the molecule is CC(C)[C@H](N)C(=O)NCC(=O)NCC(C1CCCCC1)N(C)C.Cl.Cl. The molecule has 1 saturated carbocycles. The molecule has 0 aliphatic heterocycles. The maximum absolute atomic E-state index is 12.0. The van der Waals surface area contributed by atoms with E-state index in [1.807, 2.05) is 13.8 Å². The van der Waals surface area contributed by atoms with Crippen LogP contribution in [0.25, 0.3) is 0 Å². The topological polar surface area (TPSA) is 87.5 Å². The molecular formula is C17H36Cl2N4O2. The fraction of sp³-hybridized carbons (Fsp3) is 0.882. The van der Waals surface area contributed by atoms with Gasteiger partial charge >= 0.3 is 0 Å². The van der Waals surface area contributed by atoms with Crippen molar-refractivity contribution >= 4 is 36.6 Å². The van der Waals surface area contributed by atoms with Gasteiger partial charge in [-0.15, -0.1) is 24.8 Å². The van der Waals surface area contributed by atoms with Crippen molar-refractivity contribution < 1.29 is 9.59 Å². The van der Waals surface area contributed by atoms with Crippen molar-refractivity contribution in [2.24, 2.45) is 17.6 Å². The van der Waals surface area contributed by atoms with Crippen LogP contribution in [0.15, 0.2) is 0 Å². The van der Waals surface area contributed by atoms with Crippen LogP contribution in [-0.2, 0) is 9.59 Å². The summed E-state index contributed by atoms with van der Waals surface area (Å²) in [6, 6.07) is -0.215. The summed E-state index contributed by atoms with van der Waals surface area (Å²) in [6.07, 6.45) is 6.36. The van der Waals surface area contributed by atoms with E-state index >= 15 is 0 Å². The van der Waals surface area contributed by atoms with E-state index in [4.69, 9.17) is 5.73 Å². The molecule has 0 radical (unpaired) electrons.